The minimum Gasteiger partial charge on any atom is -0.480 e. The molecule has 0 radical (unpaired) electrons. The monoisotopic (exact) mass is 416 g/mol. The molecule has 2 unspecified atom stereocenters. The highest BCUT2D eigenvalue weighted by Gasteiger charge is 2.13. The number of carboxylic acid groups (broad SMARTS) is 1. The van der Waals surface area contributed by atoms with Crippen LogP contribution in [0.2, 0.25) is 0 Å². The van der Waals surface area contributed by atoms with Gasteiger partial charge >= 0.3 is 5.97 Å². The van der Waals surface area contributed by atoms with Gasteiger partial charge in [-0.1, -0.05) is 104 Å². The number of ether oxygens (including phenoxy) is 2. The molecule has 174 valence electrons. The summed E-state index contributed by atoms with van der Waals surface area (Å²) in [6, 6.07) is 0. The van der Waals surface area contributed by atoms with Gasteiger partial charge in [0.05, 0.1) is 25.4 Å². The van der Waals surface area contributed by atoms with Crippen LogP contribution in [0.4, 0.5) is 0 Å². The lowest BCUT2D eigenvalue weighted by Crippen LogP contribution is -2.26. The van der Waals surface area contributed by atoms with Gasteiger partial charge < -0.3 is 19.7 Å². The smallest absolute Gasteiger partial charge is 0.329 e. The lowest BCUT2D eigenvalue weighted by atomic mass is 10.1. The number of unbranched alkanes of at least 4 members (excludes halogenated alkanes) is 12. The number of hydrogen-bond donors (Lipinski definition) is 2. The summed E-state index contributed by atoms with van der Waals surface area (Å²) >= 11 is 0. The second kappa shape index (κ2) is 22.0. The van der Waals surface area contributed by atoms with E-state index >= 15 is 0 Å². The molecule has 0 heterocycles. The highest BCUT2D eigenvalue weighted by atomic mass is 16.5. The van der Waals surface area contributed by atoms with Crippen LogP contribution in [0.1, 0.15) is 117 Å². The fourth-order valence-electron chi connectivity index (χ4n) is 3.49. The zero-order valence-electron chi connectivity index (χ0n) is 19.2. The van der Waals surface area contributed by atoms with Crippen molar-refractivity contribution in [1.82, 2.24) is 0 Å². The molecule has 29 heavy (non-hydrogen) atoms. The summed E-state index contributed by atoms with van der Waals surface area (Å²) in [6.45, 7) is 4.75. The third kappa shape index (κ3) is 21.9. The van der Waals surface area contributed by atoms with Gasteiger partial charge in [-0.25, -0.2) is 4.79 Å². The number of aliphatic carboxylic acids is 1. The van der Waals surface area contributed by atoms with Crippen LogP contribution in [-0.2, 0) is 14.3 Å². The first-order valence-electron chi connectivity index (χ1n) is 12.2. The number of carboxylic acids is 1. The van der Waals surface area contributed by atoms with Crippen LogP contribution in [0.25, 0.3) is 0 Å². The maximum atomic E-state index is 10.7. The third-order valence-corrected chi connectivity index (χ3v) is 5.32. The molecule has 0 aliphatic heterocycles. The molecule has 0 fully saturated rings. The van der Waals surface area contributed by atoms with Crippen molar-refractivity contribution in [2.45, 2.75) is 129 Å². The molecule has 0 bridgehead atoms. The Bertz CT molecular complexity index is 348. The summed E-state index contributed by atoms with van der Waals surface area (Å²) in [6.07, 6.45) is 18.3. The Morgan fingerprint density at radius 3 is 1.72 bits per heavy atom. The Kier molecular flexibility index (Phi) is 21.6. The predicted molar refractivity (Wildman–Crippen MR) is 119 cm³/mol. The van der Waals surface area contributed by atoms with Crippen molar-refractivity contribution in [3.05, 3.63) is 0 Å². The quantitative estimate of drug-likeness (QED) is 0.196. The molecule has 2 N–H and O–H groups in total. The fourth-order valence-corrected chi connectivity index (χ4v) is 3.49. The van der Waals surface area contributed by atoms with E-state index in [4.69, 9.17) is 14.6 Å². The summed E-state index contributed by atoms with van der Waals surface area (Å²) in [4.78, 5) is 10.7. The molecular formula is C24H48O5. The SMILES string of the molecule is CCCCCCCCCC(O)COC(CCCCCCCCC)COCC(=O)O. The minimum absolute atomic E-state index is 0.131. The number of carbonyl (C=O) groups is 1. The molecule has 0 aliphatic rings. The van der Waals surface area contributed by atoms with Crippen molar-refractivity contribution in [2.75, 3.05) is 19.8 Å². The lowest BCUT2D eigenvalue weighted by Gasteiger charge is -2.20. The topological polar surface area (TPSA) is 76.0 Å². The van der Waals surface area contributed by atoms with Gasteiger partial charge in [0.1, 0.15) is 6.61 Å². The normalized spacial score (nSPS) is 13.5. The van der Waals surface area contributed by atoms with Crippen molar-refractivity contribution in [3.63, 3.8) is 0 Å². The molecule has 0 aliphatic carbocycles. The standard InChI is InChI=1S/C24H48O5/c1-3-5-7-9-11-13-15-17-22(25)19-29-23(20-28-21-24(26)27)18-16-14-12-10-8-6-4-2/h22-23,25H,3-21H2,1-2H3,(H,26,27). The van der Waals surface area contributed by atoms with Crippen LogP contribution >= 0.6 is 0 Å². The first-order valence-corrected chi connectivity index (χ1v) is 12.2. The van der Waals surface area contributed by atoms with E-state index in [0.717, 1.165) is 25.7 Å². The maximum Gasteiger partial charge on any atom is 0.329 e. The lowest BCUT2D eigenvalue weighted by molar-refractivity contribution is -0.144. The van der Waals surface area contributed by atoms with Gasteiger partial charge in [0.15, 0.2) is 0 Å². The fraction of sp³-hybridized carbons (Fsp3) is 0.958. The average Bonchev–Trinajstić information content (AvgIpc) is 2.69. The Balaban J connectivity index is 3.91. The number of hydrogen-bond acceptors (Lipinski definition) is 4. The Morgan fingerprint density at radius 1 is 0.724 bits per heavy atom. The average molecular weight is 417 g/mol. The molecule has 5 heteroatoms. The highest BCUT2D eigenvalue weighted by molar-refractivity contribution is 5.67. The van der Waals surface area contributed by atoms with Gasteiger partial charge in [0.25, 0.3) is 0 Å². The molecular weight excluding hydrogens is 368 g/mol. The van der Waals surface area contributed by atoms with Gasteiger partial charge in [0.2, 0.25) is 0 Å². The van der Waals surface area contributed by atoms with E-state index in [2.05, 4.69) is 13.8 Å². The largest absolute Gasteiger partial charge is 0.480 e. The molecule has 0 aromatic heterocycles. The van der Waals surface area contributed by atoms with Gasteiger partial charge in [-0.15, -0.1) is 0 Å². The van der Waals surface area contributed by atoms with Crippen molar-refractivity contribution in [2.24, 2.45) is 0 Å². The summed E-state index contributed by atoms with van der Waals surface area (Å²) in [5.74, 6) is -0.960. The van der Waals surface area contributed by atoms with Gasteiger partial charge in [-0.2, -0.15) is 0 Å². The Hall–Kier alpha value is -0.650. The first kappa shape index (κ1) is 28.4. The number of aliphatic hydroxyl groups excluding tert-OH is 1. The van der Waals surface area contributed by atoms with E-state index in [1.54, 1.807) is 0 Å². The second-order valence-electron chi connectivity index (χ2n) is 8.34. The van der Waals surface area contributed by atoms with Crippen molar-refractivity contribution >= 4 is 5.97 Å². The molecule has 2 atom stereocenters. The molecule has 0 amide bonds. The van der Waals surface area contributed by atoms with Crippen LogP contribution in [0.3, 0.4) is 0 Å². The zero-order chi connectivity index (χ0) is 21.6. The van der Waals surface area contributed by atoms with E-state index in [-0.39, 0.29) is 19.3 Å². The van der Waals surface area contributed by atoms with Gasteiger partial charge in [-0.05, 0) is 12.8 Å². The second-order valence-corrected chi connectivity index (χ2v) is 8.34. The van der Waals surface area contributed by atoms with Crippen LogP contribution in [0.15, 0.2) is 0 Å². The highest BCUT2D eigenvalue weighted by Crippen LogP contribution is 2.14. The summed E-state index contributed by atoms with van der Waals surface area (Å²) in [5, 5.41) is 18.9. The summed E-state index contributed by atoms with van der Waals surface area (Å²) < 4.78 is 11.1. The van der Waals surface area contributed by atoms with E-state index in [0.29, 0.717) is 6.61 Å². The molecule has 5 nitrogen and oxygen atoms in total. The molecule has 0 rings (SSSR count). The third-order valence-electron chi connectivity index (χ3n) is 5.32. The van der Waals surface area contributed by atoms with E-state index in [9.17, 15) is 9.90 Å². The Morgan fingerprint density at radius 2 is 1.21 bits per heavy atom. The van der Waals surface area contributed by atoms with Crippen molar-refractivity contribution in [1.29, 1.82) is 0 Å². The van der Waals surface area contributed by atoms with Crippen LogP contribution in [0.5, 0.6) is 0 Å². The van der Waals surface area contributed by atoms with E-state index in [1.807, 2.05) is 0 Å². The zero-order valence-corrected chi connectivity index (χ0v) is 19.2. The van der Waals surface area contributed by atoms with Crippen molar-refractivity contribution in [3.8, 4) is 0 Å². The van der Waals surface area contributed by atoms with Crippen molar-refractivity contribution < 1.29 is 24.5 Å². The van der Waals surface area contributed by atoms with E-state index in [1.165, 1.54) is 77.0 Å². The maximum absolute atomic E-state index is 10.7. The van der Waals surface area contributed by atoms with Gasteiger partial charge in [-0.3, -0.25) is 0 Å². The van der Waals surface area contributed by atoms with Crippen LogP contribution < -0.4 is 0 Å². The summed E-state index contributed by atoms with van der Waals surface area (Å²) in [5.41, 5.74) is 0. The number of rotatable bonds is 23. The molecule has 0 aromatic rings. The predicted octanol–water partition coefficient (Wildman–Crippen LogP) is 6.12. The molecule has 0 saturated carbocycles. The summed E-state index contributed by atoms with van der Waals surface area (Å²) in [7, 11) is 0. The number of aliphatic hydroxyl groups is 1. The van der Waals surface area contributed by atoms with Gasteiger partial charge in [0, 0.05) is 0 Å². The molecule has 0 aromatic carbocycles. The molecule has 0 spiro atoms. The molecule has 0 saturated heterocycles. The Labute approximate surface area is 179 Å². The van der Waals surface area contributed by atoms with Crippen LogP contribution in [0, 0.1) is 0 Å². The first-order chi connectivity index (χ1) is 14.1. The van der Waals surface area contributed by atoms with E-state index < -0.39 is 12.1 Å². The minimum atomic E-state index is -0.960. The van der Waals surface area contributed by atoms with Crippen LogP contribution in [-0.4, -0.2) is 48.2 Å².